The third-order valence-electron chi connectivity index (χ3n) is 4.50. The van der Waals surface area contributed by atoms with Crippen LogP contribution in [0.1, 0.15) is 38.6 Å². The van der Waals surface area contributed by atoms with Crippen LogP contribution in [0, 0.1) is 0 Å². The van der Waals surface area contributed by atoms with Crippen molar-refractivity contribution >= 4 is 33.4 Å². The van der Waals surface area contributed by atoms with Crippen molar-refractivity contribution in [3.8, 4) is 11.4 Å². The third-order valence-corrected chi connectivity index (χ3v) is 7.18. The Bertz CT molecular complexity index is 848. The molecule has 1 fully saturated rings. The van der Waals surface area contributed by atoms with Crippen molar-refractivity contribution in [2.45, 2.75) is 43.8 Å². The fourth-order valence-electron chi connectivity index (χ4n) is 3.13. The van der Waals surface area contributed by atoms with Gasteiger partial charge in [0.25, 0.3) is 0 Å². The summed E-state index contributed by atoms with van der Waals surface area (Å²) in [6, 6.07) is 8.03. The van der Waals surface area contributed by atoms with Crippen LogP contribution in [0.15, 0.2) is 29.4 Å². The zero-order chi connectivity index (χ0) is 18.6. The van der Waals surface area contributed by atoms with E-state index in [2.05, 4.69) is 19.5 Å². The quantitative estimate of drug-likeness (QED) is 0.525. The first-order valence-corrected chi connectivity index (χ1v) is 11.8. The predicted octanol–water partition coefficient (Wildman–Crippen LogP) is 3.75. The molecule has 142 valence electrons. The molecule has 1 aromatic carbocycles. The van der Waals surface area contributed by atoms with Crippen molar-refractivity contribution in [2.75, 3.05) is 18.1 Å². The number of rotatable bonds is 8. The monoisotopic (exact) mass is 414 g/mol. The lowest BCUT2D eigenvalue weighted by Crippen LogP contribution is -2.27. The SMILES string of the molecule is CCS(=O)(=O)NCCSc1nnc(-c2ccccc2Cl)n1C1CCCC1. The highest BCUT2D eigenvalue weighted by Crippen LogP contribution is 2.38. The van der Waals surface area contributed by atoms with E-state index in [1.807, 2.05) is 24.3 Å². The van der Waals surface area contributed by atoms with Crippen molar-refractivity contribution in [3.63, 3.8) is 0 Å². The van der Waals surface area contributed by atoms with Crippen molar-refractivity contribution in [2.24, 2.45) is 0 Å². The first-order valence-electron chi connectivity index (χ1n) is 8.82. The number of nitrogens with one attached hydrogen (secondary N) is 1. The summed E-state index contributed by atoms with van der Waals surface area (Å²) >= 11 is 7.90. The maximum atomic E-state index is 11.5. The van der Waals surface area contributed by atoms with Crippen LogP contribution in [0.3, 0.4) is 0 Å². The predicted molar refractivity (Wildman–Crippen MR) is 106 cm³/mol. The lowest BCUT2D eigenvalue weighted by Gasteiger charge is -2.17. The molecule has 9 heteroatoms. The van der Waals surface area contributed by atoms with Gasteiger partial charge in [0.1, 0.15) is 0 Å². The number of halogens is 1. The Hall–Kier alpha value is -1.09. The average Bonchev–Trinajstić information content (AvgIpc) is 3.28. The van der Waals surface area contributed by atoms with Gasteiger partial charge in [-0.25, -0.2) is 13.1 Å². The van der Waals surface area contributed by atoms with Crippen LogP contribution in [0.25, 0.3) is 11.4 Å². The molecule has 0 radical (unpaired) electrons. The molecule has 6 nitrogen and oxygen atoms in total. The second kappa shape index (κ2) is 8.73. The summed E-state index contributed by atoms with van der Waals surface area (Å²) in [7, 11) is -3.17. The summed E-state index contributed by atoms with van der Waals surface area (Å²) in [5.41, 5.74) is 0.882. The van der Waals surface area contributed by atoms with E-state index >= 15 is 0 Å². The van der Waals surface area contributed by atoms with Gasteiger partial charge in [-0.15, -0.1) is 10.2 Å². The minimum atomic E-state index is -3.17. The molecule has 0 amide bonds. The van der Waals surface area contributed by atoms with Gasteiger partial charge >= 0.3 is 0 Å². The van der Waals surface area contributed by atoms with E-state index in [9.17, 15) is 8.42 Å². The Morgan fingerprint density at radius 3 is 2.69 bits per heavy atom. The molecule has 0 saturated heterocycles. The summed E-state index contributed by atoms with van der Waals surface area (Å²) in [5.74, 6) is 1.48. The van der Waals surface area contributed by atoms with E-state index in [-0.39, 0.29) is 5.75 Å². The lowest BCUT2D eigenvalue weighted by molar-refractivity contribution is 0.485. The van der Waals surface area contributed by atoms with Crippen molar-refractivity contribution in [1.82, 2.24) is 19.5 Å². The van der Waals surface area contributed by atoms with Gasteiger partial charge in [-0.05, 0) is 31.9 Å². The van der Waals surface area contributed by atoms with E-state index < -0.39 is 10.0 Å². The molecule has 1 N–H and O–H groups in total. The van der Waals surface area contributed by atoms with E-state index in [1.165, 1.54) is 24.6 Å². The molecule has 1 aliphatic carbocycles. The number of nitrogens with zero attached hydrogens (tertiary/aromatic N) is 3. The number of sulfonamides is 1. The molecular weight excluding hydrogens is 392 g/mol. The molecule has 0 aliphatic heterocycles. The molecular formula is C17H23ClN4O2S2. The van der Waals surface area contributed by atoms with Crippen LogP contribution in [-0.2, 0) is 10.0 Å². The summed E-state index contributed by atoms with van der Waals surface area (Å²) in [4.78, 5) is 0. The molecule has 2 aromatic rings. The Kier molecular flexibility index (Phi) is 6.60. The molecule has 0 atom stereocenters. The van der Waals surface area contributed by atoms with Crippen LogP contribution in [0.5, 0.6) is 0 Å². The number of aromatic nitrogens is 3. The van der Waals surface area contributed by atoms with E-state index in [0.29, 0.717) is 23.4 Å². The molecule has 0 unspecified atom stereocenters. The van der Waals surface area contributed by atoms with Crippen LogP contribution in [-0.4, -0.2) is 41.2 Å². The molecule has 1 saturated carbocycles. The first-order chi connectivity index (χ1) is 12.5. The van der Waals surface area contributed by atoms with Gasteiger partial charge in [-0.1, -0.05) is 48.3 Å². The summed E-state index contributed by atoms with van der Waals surface area (Å²) in [5, 5.41) is 10.3. The summed E-state index contributed by atoms with van der Waals surface area (Å²) in [6.07, 6.45) is 4.60. The zero-order valence-electron chi connectivity index (χ0n) is 14.7. The molecule has 3 rings (SSSR count). The first kappa shape index (κ1) is 19.7. The zero-order valence-corrected chi connectivity index (χ0v) is 17.1. The number of hydrogen-bond acceptors (Lipinski definition) is 5. The number of thioether (sulfide) groups is 1. The fraction of sp³-hybridized carbons (Fsp3) is 0.529. The lowest BCUT2D eigenvalue weighted by atomic mass is 10.2. The number of hydrogen-bond donors (Lipinski definition) is 1. The van der Waals surface area contributed by atoms with Crippen molar-refractivity contribution in [3.05, 3.63) is 29.3 Å². The topological polar surface area (TPSA) is 76.9 Å². The minimum absolute atomic E-state index is 0.0899. The van der Waals surface area contributed by atoms with E-state index in [1.54, 1.807) is 6.92 Å². The van der Waals surface area contributed by atoms with Gasteiger partial charge in [0.15, 0.2) is 11.0 Å². The Labute approximate surface area is 163 Å². The molecule has 0 bridgehead atoms. The highest BCUT2D eigenvalue weighted by molar-refractivity contribution is 7.99. The maximum absolute atomic E-state index is 11.5. The smallest absolute Gasteiger partial charge is 0.211 e. The van der Waals surface area contributed by atoms with Gasteiger partial charge in [-0.3, -0.25) is 4.57 Å². The van der Waals surface area contributed by atoms with Gasteiger partial charge in [-0.2, -0.15) is 0 Å². The maximum Gasteiger partial charge on any atom is 0.211 e. The highest BCUT2D eigenvalue weighted by Gasteiger charge is 2.25. The van der Waals surface area contributed by atoms with Crippen molar-refractivity contribution < 1.29 is 8.42 Å². The second-order valence-corrected chi connectivity index (χ2v) is 9.81. The minimum Gasteiger partial charge on any atom is -0.299 e. The van der Waals surface area contributed by atoms with E-state index in [0.717, 1.165) is 29.4 Å². The third kappa shape index (κ3) is 4.60. The Morgan fingerprint density at radius 2 is 2.00 bits per heavy atom. The van der Waals surface area contributed by atoms with Crippen LogP contribution in [0.4, 0.5) is 0 Å². The second-order valence-electron chi connectivity index (χ2n) is 6.24. The number of benzene rings is 1. The van der Waals surface area contributed by atoms with Crippen LogP contribution < -0.4 is 4.72 Å². The van der Waals surface area contributed by atoms with Gasteiger partial charge in [0.2, 0.25) is 10.0 Å². The van der Waals surface area contributed by atoms with Crippen LogP contribution in [0.2, 0.25) is 5.02 Å². The molecule has 1 heterocycles. The highest BCUT2D eigenvalue weighted by atomic mass is 35.5. The Balaban J connectivity index is 1.81. The van der Waals surface area contributed by atoms with Gasteiger partial charge < -0.3 is 0 Å². The molecule has 26 heavy (non-hydrogen) atoms. The van der Waals surface area contributed by atoms with Crippen LogP contribution >= 0.6 is 23.4 Å². The molecule has 0 spiro atoms. The largest absolute Gasteiger partial charge is 0.299 e. The molecule has 1 aliphatic rings. The van der Waals surface area contributed by atoms with Gasteiger partial charge in [0.05, 0.1) is 10.8 Å². The average molecular weight is 415 g/mol. The normalized spacial score (nSPS) is 15.6. The summed E-state index contributed by atoms with van der Waals surface area (Å²) < 4.78 is 27.9. The Morgan fingerprint density at radius 1 is 1.27 bits per heavy atom. The molecule has 1 aromatic heterocycles. The van der Waals surface area contributed by atoms with E-state index in [4.69, 9.17) is 11.6 Å². The van der Waals surface area contributed by atoms with Gasteiger partial charge in [0, 0.05) is 23.9 Å². The van der Waals surface area contributed by atoms with Crippen molar-refractivity contribution in [1.29, 1.82) is 0 Å². The fourth-order valence-corrected chi connectivity index (χ4v) is 4.96. The summed E-state index contributed by atoms with van der Waals surface area (Å²) in [6.45, 7) is 2.00. The standard InChI is InChI=1S/C17H23ClN4O2S2/c1-2-26(23,24)19-11-12-25-17-21-20-16(14-9-5-6-10-15(14)18)22(17)13-7-3-4-8-13/h5-6,9-10,13,19H,2-4,7-8,11-12H2,1H3.